The maximum Gasteiger partial charge on any atom is 0.310 e. The van der Waals surface area contributed by atoms with Gasteiger partial charge in [-0.3, -0.25) is 4.79 Å². The monoisotopic (exact) mass is 299 g/mol. The number of benzene rings is 1. The van der Waals surface area contributed by atoms with E-state index in [1.54, 1.807) is 12.1 Å². The van der Waals surface area contributed by atoms with E-state index >= 15 is 0 Å². The summed E-state index contributed by atoms with van der Waals surface area (Å²) >= 11 is 3.30. The highest BCUT2D eigenvalue weighted by molar-refractivity contribution is 9.10. The molecule has 1 aromatic carbocycles. The van der Waals surface area contributed by atoms with Crippen molar-refractivity contribution in [3.05, 3.63) is 28.2 Å². The number of carboxylic acids is 1. The van der Waals surface area contributed by atoms with Gasteiger partial charge in [-0.1, -0.05) is 12.1 Å². The van der Waals surface area contributed by atoms with E-state index in [2.05, 4.69) is 21.2 Å². The van der Waals surface area contributed by atoms with Crippen LogP contribution in [0.4, 0.5) is 0 Å². The van der Waals surface area contributed by atoms with Crippen LogP contribution in [-0.2, 0) is 11.3 Å². The van der Waals surface area contributed by atoms with Crippen LogP contribution in [0.3, 0.4) is 0 Å². The van der Waals surface area contributed by atoms with Crippen LogP contribution in [0.5, 0.6) is 5.75 Å². The Morgan fingerprint density at radius 1 is 1.47 bits per heavy atom. The van der Waals surface area contributed by atoms with Gasteiger partial charge in [-0.05, 0) is 40.4 Å². The zero-order valence-corrected chi connectivity index (χ0v) is 10.8. The molecule has 0 saturated heterocycles. The molecule has 17 heavy (non-hydrogen) atoms. The van der Waals surface area contributed by atoms with Crippen molar-refractivity contribution in [3.63, 3.8) is 0 Å². The summed E-state index contributed by atoms with van der Waals surface area (Å²) in [6.07, 6.45) is 1.49. The van der Waals surface area contributed by atoms with Crippen molar-refractivity contribution in [1.82, 2.24) is 5.32 Å². The lowest BCUT2D eigenvalue weighted by Crippen LogP contribution is -2.29. The third-order valence-corrected chi connectivity index (χ3v) is 4.06. The number of phenols is 1. The van der Waals surface area contributed by atoms with E-state index in [-0.39, 0.29) is 5.75 Å². The van der Waals surface area contributed by atoms with E-state index in [0.29, 0.717) is 17.6 Å². The van der Waals surface area contributed by atoms with Crippen molar-refractivity contribution in [1.29, 1.82) is 0 Å². The van der Waals surface area contributed by atoms with Gasteiger partial charge < -0.3 is 15.5 Å². The molecule has 92 valence electrons. The minimum Gasteiger partial charge on any atom is -0.507 e. The molecule has 1 aliphatic rings. The Hall–Kier alpha value is -1.07. The molecule has 0 radical (unpaired) electrons. The van der Waals surface area contributed by atoms with Crippen LogP contribution in [0.2, 0.25) is 0 Å². The highest BCUT2D eigenvalue weighted by Crippen LogP contribution is 2.45. The molecule has 0 aromatic heterocycles. The lowest BCUT2D eigenvalue weighted by Gasteiger charge is -2.12. The maximum absolute atomic E-state index is 11.0. The summed E-state index contributed by atoms with van der Waals surface area (Å²) < 4.78 is 0.660. The van der Waals surface area contributed by atoms with Gasteiger partial charge in [-0.25, -0.2) is 0 Å². The van der Waals surface area contributed by atoms with Crippen molar-refractivity contribution >= 4 is 21.9 Å². The average molecular weight is 300 g/mol. The molecule has 0 spiro atoms. The van der Waals surface area contributed by atoms with E-state index in [4.69, 9.17) is 5.11 Å². The topological polar surface area (TPSA) is 69.6 Å². The summed E-state index contributed by atoms with van der Waals surface area (Å²) in [6.45, 7) is 1.02. The number of aromatic hydroxyl groups is 1. The molecule has 2 rings (SSSR count). The molecule has 0 unspecified atom stereocenters. The second-order valence-corrected chi connectivity index (χ2v) is 5.23. The average Bonchev–Trinajstić information content (AvgIpc) is 3.05. The zero-order chi connectivity index (χ0) is 12.5. The van der Waals surface area contributed by atoms with Crippen LogP contribution in [0.15, 0.2) is 22.7 Å². The van der Waals surface area contributed by atoms with Crippen molar-refractivity contribution in [3.8, 4) is 5.75 Å². The molecule has 0 aliphatic heterocycles. The predicted octanol–water partition coefficient (Wildman–Crippen LogP) is 2.11. The number of hydrogen-bond donors (Lipinski definition) is 3. The van der Waals surface area contributed by atoms with Gasteiger partial charge in [0.05, 0.1) is 9.89 Å². The minimum atomic E-state index is -0.722. The largest absolute Gasteiger partial charge is 0.507 e. The third kappa shape index (κ3) is 2.61. The van der Waals surface area contributed by atoms with Crippen molar-refractivity contribution in [2.45, 2.75) is 19.4 Å². The van der Waals surface area contributed by atoms with Gasteiger partial charge in [-0.15, -0.1) is 0 Å². The summed E-state index contributed by atoms with van der Waals surface area (Å²) in [5, 5.41) is 21.6. The highest BCUT2D eigenvalue weighted by Gasteiger charge is 2.49. The fraction of sp³-hybridized carbons (Fsp3) is 0.417. The molecule has 1 saturated carbocycles. The molecule has 0 bridgehead atoms. The van der Waals surface area contributed by atoms with Gasteiger partial charge in [-0.2, -0.15) is 0 Å². The van der Waals surface area contributed by atoms with E-state index < -0.39 is 11.4 Å². The number of hydrogen-bond acceptors (Lipinski definition) is 3. The smallest absolute Gasteiger partial charge is 0.310 e. The Bertz CT molecular complexity index is 443. The van der Waals surface area contributed by atoms with E-state index in [1.807, 2.05) is 6.07 Å². The molecule has 3 N–H and O–H groups in total. The van der Waals surface area contributed by atoms with Crippen LogP contribution >= 0.6 is 15.9 Å². The summed E-state index contributed by atoms with van der Waals surface area (Å²) in [5.74, 6) is -0.524. The second kappa shape index (κ2) is 4.66. The number of phenolic OH excluding ortho intramolecular Hbond substituents is 1. The standard InChI is InChI=1S/C12H14BrNO3/c13-10-8(2-1-3-9(10)15)6-14-7-12(4-5-12)11(16)17/h1-3,14-15H,4-7H2,(H,16,17). The normalized spacial score (nSPS) is 16.8. The van der Waals surface area contributed by atoms with Crippen LogP contribution in [0, 0.1) is 5.41 Å². The van der Waals surface area contributed by atoms with Crippen molar-refractivity contribution < 1.29 is 15.0 Å². The lowest BCUT2D eigenvalue weighted by molar-refractivity contribution is -0.143. The fourth-order valence-electron chi connectivity index (χ4n) is 1.76. The number of carboxylic acid groups (broad SMARTS) is 1. The second-order valence-electron chi connectivity index (χ2n) is 4.44. The summed E-state index contributed by atoms with van der Waals surface area (Å²) in [5.41, 5.74) is 0.370. The molecular weight excluding hydrogens is 286 g/mol. The summed E-state index contributed by atoms with van der Waals surface area (Å²) in [4.78, 5) is 11.0. The molecule has 0 atom stereocenters. The van der Waals surface area contributed by atoms with Crippen LogP contribution in [-0.4, -0.2) is 22.7 Å². The minimum absolute atomic E-state index is 0.198. The van der Waals surface area contributed by atoms with Crippen LogP contribution in [0.25, 0.3) is 0 Å². The van der Waals surface area contributed by atoms with Crippen molar-refractivity contribution in [2.24, 2.45) is 5.41 Å². The lowest BCUT2D eigenvalue weighted by atomic mass is 10.1. The van der Waals surface area contributed by atoms with Gasteiger partial charge in [0.15, 0.2) is 0 Å². The number of halogens is 1. The molecule has 1 aliphatic carbocycles. The zero-order valence-electron chi connectivity index (χ0n) is 9.24. The van der Waals surface area contributed by atoms with Gasteiger partial charge >= 0.3 is 5.97 Å². The number of aliphatic carboxylic acids is 1. The van der Waals surface area contributed by atoms with E-state index in [1.165, 1.54) is 0 Å². The maximum atomic E-state index is 11.0. The van der Waals surface area contributed by atoms with E-state index in [9.17, 15) is 9.90 Å². The predicted molar refractivity (Wildman–Crippen MR) is 66.8 cm³/mol. The molecule has 0 heterocycles. The number of carbonyl (C=O) groups is 1. The summed E-state index contributed by atoms with van der Waals surface area (Å²) in [7, 11) is 0. The first kappa shape index (κ1) is 12.4. The van der Waals surface area contributed by atoms with Crippen LogP contribution < -0.4 is 5.32 Å². The molecule has 4 nitrogen and oxygen atoms in total. The van der Waals surface area contributed by atoms with Gasteiger partial charge in [0.2, 0.25) is 0 Å². The molecular formula is C12H14BrNO3. The molecule has 1 fully saturated rings. The Kier molecular flexibility index (Phi) is 3.40. The Morgan fingerprint density at radius 3 is 2.76 bits per heavy atom. The van der Waals surface area contributed by atoms with Gasteiger partial charge in [0.25, 0.3) is 0 Å². The quantitative estimate of drug-likeness (QED) is 0.779. The van der Waals surface area contributed by atoms with Gasteiger partial charge in [0, 0.05) is 13.1 Å². The van der Waals surface area contributed by atoms with Crippen LogP contribution in [0.1, 0.15) is 18.4 Å². The molecule has 1 aromatic rings. The Morgan fingerprint density at radius 2 is 2.18 bits per heavy atom. The Labute approximate surface area is 108 Å². The van der Waals surface area contributed by atoms with Crippen molar-refractivity contribution in [2.75, 3.05) is 6.54 Å². The Balaban J connectivity index is 1.91. The number of rotatable bonds is 5. The number of nitrogens with one attached hydrogen (secondary N) is 1. The first-order valence-corrected chi connectivity index (χ1v) is 6.25. The third-order valence-electron chi connectivity index (χ3n) is 3.14. The SMILES string of the molecule is O=C(O)C1(CNCc2cccc(O)c2Br)CC1. The fourth-order valence-corrected chi connectivity index (χ4v) is 2.16. The van der Waals surface area contributed by atoms with Gasteiger partial charge in [0.1, 0.15) is 5.75 Å². The first-order chi connectivity index (χ1) is 8.05. The molecule has 0 amide bonds. The van der Waals surface area contributed by atoms with E-state index in [0.717, 1.165) is 18.4 Å². The first-order valence-electron chi connectivity index (χ1n) is 5.46. The molecule has 5 heteroatoms. The summed E-state index contributed by atoms with van der Waals surface area (Å²) in [6, 6.07) is 5.26. The highest BCUT2D eigenvalue weighted by atomic mass is 79.9.